The van der Waals surface area contributed by atoms with Gasteiger partial charge in [-0.2, -0.15) is 0 Å². The smallest absolute Gasteiger partial charge is 0.258 e. The molecule has 0 atom stereocenters. The average molecular weight is 470 g/mol. The summed E-state index contributed by atoms with van der Waals surface area (Å²) < 4.78 is 2.08. The van der Waals surface area contributed by atoms with E-state index in [-0.39, 0.29) is 24.4 Å². The topological polar surface area (TPSA) is 83.9 Å². The molecular formula is C23H24ClN5O2S. The van der Waals surface area contributed by atoms with Gasteiger partial charge in [0.05, 0.1) is 29.6 Å². The highest BCUT2D eigenvalue weighted by Gasteiger charge is 2.18. The van der Waals surface area contributed by atoms with Crippen molar-refractivity contribution in [1.29, 1.82) is 0 Å². The third kappa shape index (κ3) is 4.61. The van der Waals surface area contributed by atoms with E-state index >= 15 is 0 Å². The summed E-state index contributed by atoms with van der Waals surface area (Å²) in [5.41, 5.74) is 3.21. The lowest BCUT2D eigenvalue weighted by molar-refractivity contribution is -0.131. The van der Waals surface area contributed by atoms with Gasteiger partial charge in [0.15, 0.2) is 5.13 Å². The van der Waals surface area contributed by atoms with Crippen molar-refractivity contribution in [2.75, 3.05) is 6.54 Å². The number of aromatic nitrogens is 4. The first kappa shape index (κ1) is 22.2. The monoisotopic (exact) mass is 469 g/mol. The predicted octanol–water partition coefficient (Wildman–Crippen LogP) is 4.42. The number of H-pyrrole nitrogens is 1. The fourth-order valence-electron chi connectivity index (χ4n) is 3.70. The molecule has 9 heteroatoms. The number of amides is 1. The summed E-state index contributed by atoms with van der Waals surface area (Å²) in [5.74, 6) is 0.377. The largest absolute Gasteiger partial charge is 0.335 e. The number of hydrogen-bond donors (Lipinski definition) is 1. The van der Waals surface area contributed by atoms with E-state index in [1.165, 1.54) is 11.3 Å². The van der Waals surface area contributed by atoms with Crippen LogP contribution in [0.25, 0.3) is 16.0 Å². The number of rotatable bonds is 7. The molecular weight excluding hydrogens is 446 g/mol. The van der Waals surface area contributed by atoms with Crippen molar-refractivity contribution in [1.82, 2.24) is 24.4 Å². The lowest BCUT2D eigenvalue weighted by Gasteiger charge is -2.21. The summed E-state index contributed by atoms with van der Waals surface area (Å²) >= 11 is 7.57. The Balaban J connectivity index is 1.54. The quantitative estimate of drug-likeness (QED) is 0.434. The fourth-order valence-corrected chi connectivity index (χ4v) is 4.80. The first-order valence-corrected chi connectivity index (χ1v) is 11.7. The van der Waals surface area contributed by atoms with Crippen molar-refractivity contribution in [3.8, 4) is 5.13 Å². The molecule has 1 aromatic carbocycles. The van der Waals surface area contributed by atoms with Crippen LogP contribution in [-0.4, -0.2) is 36.9 Å². The molecule has 0 saturated heterocycles. The summed E-state index contributed by atoms with van der Waals surface area (Å²) in [5, 5.41) is 3.76. The van der Waals surface area contributed by atoms with Crippen LogP contribution in [0.3, 0.4) is 0 Å². The molecule has 0 aliphatic heterocycles. The summed E-state index contributed by atoms with van der Waals surface area (Å²) in [7, 11) is 0. The molecule has 3 aromatic heterocycles. The van der Waals surface area contributed by atoms with E-state index in [4.69, 9.17) is 11.6 Å². The maximum Gasteiger partial charge on any atom is 0.258 e. The second kappa shape index (κ2) is 9.26. The molecule has 0 aliphatic rings. The number of halogens is 1. The van der Waals surface area contributed by atoms with Gasteiger partial charge in [-0.25, -0.2) is 9.97 Å². The second-order valence-electron chi connectivity index (χ2n) is 7.74. The third-order valence-electron chi connectivity index (χ3n) is 5.24. The molecule has 0 fully saturated rings. The van der Waals surface area contributed by atoms with Gasteiger partial charge < -0.3 is 9.88 Å². The SMILES string of the molecule is CCCN(Cc1nc2cc(Cl)ccc2c(=O)[nH]1)C(=O)Cc1csc(-n2c(C)ccc2C)n1. The molecule has 0 radical (unpaired) electrons. The van der Waals surface area contributed by atoms with Crippen molar-refractivity contribution >= 4 is 39.7 Å². The highest BCUT2D eigenvalue weighted by Crippen LogP contribution is 2.21. The number of thiazole rings is 1. The Morgan fingerprint density at radius 1 is 1.19 bits per heavy atom. The van der Waals surface area contributed by atoms with Crippen LogP contribution in [0.2, 0.25) is 5.02 Å². The first-order chi connectivity index (χ1) is 15.4. The van der Waals surface area contributed by atoms with Crippen molar-refractivity contribution in [3.63, 3.8) is 0 Å². The number of nitrogens with one attached hydrogen (secondary N) is 1. The van der Waals surface area contributed by atoms with Gasteiger partial charge in [0.25, 0.3) is 5.56 Å². The molecule has 0 spiro atoms. The zero-order chi connectivity index (χ0) is 22.8. The molecule has 166 valence electrons. The third-order valence-corrected chi connectivity index (χ3v) is 6.35. The van der Waals surface area contributed by atoms with Crippen LogP contribution in [-0.2, 0) is 17.8 Å². The van der Waals surface area contributed by atoms with Crippen LogP contribution < -0.4 is 5.56 Å². The molecule has 4 rings (SSSR count). The van der Waals surface area contributed by atoms with Gasteiger partial charge in [-0.3, -0.25) is 14.2 Å². The van der Waals surface area contributed by atoms with Crippen LogP contribution in [0.4, 0.5) is 0 Å². The van der Waals surface area contributed by atoms with E-state index < -0.39 is 0 Å². The molecule has 0 bridgehead atoms. The minimum atomic E-state index is -0.243. The van der Waals surface area contributed by atoms with Gasteiger partial charge >= 0.3 is 0 Å². The first-order valence-electron chi connectivity index (χ1n) is 10.4. The van der Waals surface area contributed by atoms with Gasteiger partial charge in [0, 0.05) is 28.3 Å². The molecule has 4 aromatic rings. The van der Waals surface area contributed by atoms with Crippen LogP contribution in [0.5, 0.6) is 0 Å². The van der Waals surface area contributed by atoms with Crippen molar-refractivity contribution in [3.05, 3.63) is 74.0 Å². The minimum Gasteiger partial charge on any atom is -0.335 e. The van der Waals surface area contributed by atoms with Gasteiger partial charge in [0.1, 0.15) is 5.82 Å². The summed E-state index contributed by atoms with van der Waals surface area (Å²) in [4.78, 5) is 39.2. The number of carbonyl (C=O) groups is 1. The number of fused-ring (bicyclic) bond motifs is 1. The van der Waals surface area contributed by atoms with Crippen LogP contribution >= 0.6 is 22.9 Å². The predicted molar refractivity (Wildman–Crippen MR) is 128 cm³/mol. The fraction of sp³-hybridized carbons (Fsp3) is 0.304. The number of benzene rings is 1. The standard InChI is InChI=1S/C23H24ClN5O2S/c1-4-9-28(12-20-26-19-10-16(24)7-8-18(19)22(31)27-20)21(30)11-17-13-32-23(25-17)29-14(2)5-6-15(29)3/h5-8,10,13H,4,9,11-12H2,1-3H3,(H,26,27,31). The van der Waals surface area contributed by atoms with Crippen LogP contribution in [0, 0.1) is 13.8 Å². The molecule has 0 saturated carbocycles. The Morgan fingerprint density at radius 2 is 1.94 bits per heavy atom. The van der Waals surface area contributed by atoms with Crippen LogP contribution in [0.1, 0.15) is 36.3 Å². The van der Waals surface area contributed by atoms with Crippen molar-refractivity contribution in [2.45, 2.75) is 40.2 Å². The number of aromatic amines is 1. The van der Waals surface area contributed by atoms with Gasteiger partial charge in [-0.1, -0.05) is 18.5 Å². The Morgan fingerprint density at radius 3 is 2.66 bits per heavy atom. The molecule has 7 nitrogen and oxygen atoms in total. The van der Waals surface area contributed by atoms with E-state index in [2.05, 4.69) is 31.7 Å². The normalized spacial score (nSPS) is 11.2. The van der Waals surface area contributed by atoms with Gasteiger partial charge in [-0.15, -0.1) is 11.3 Å². The highest BCUT2D eigenvalue weighted by molar-refractivity contribution is 7.12. The highest BCUT2D eigenvalue weighted by atomic mass is 35.5. The molecule has 1 N–H and O–H groups in total. The lowest BCUT2D eigenvalue weighted by atomic mass is 10.2. The van der Waals surface area contributed by atoms with Crippen LogP contribution in [0.15, 0.2) is 40.5 Å². The maximum absolute atomic E-state index is 13.1. The summed E-state index contributed by atoms with van der Waals surface area (Å²) in [6, 6.07) is 9.07. The van der Waals surface area contributed by atoms with E-state index in [0.717, 1.165) is 28.6 Å². The summed E-state index contributed by atoms with van der Waals surface area (Å²) in [6.45, 7) is 6.86. The Bertz CT molecular complexity index is 1320. The average Bonchev–Trinajstić information content (AvgIpc) is 3.32. The Labute approximate surface area is 194 Å². The van der Waals surface area contributed by atoms with Gasteiger partial charge in [-0.05, 0) is 50.6 Å². The molecule has 0 unspecified atom stereocenters. The molecule has 1 amide bonds. The zero-order valence-electron chi connectivity index (χ0n) is 18.2. The van der Waals surface area contributed by atoms with Gasteiger partial charge in [0.2, 0.25) is 5.91 Å². The van der Waals surface area contributed by atoms with E-state index in [0.29, 0.717) is 28.3 Å². The number of nitrogens with zero attached hydrogens (tertiary/aromatic N) is 4. The van der Waals surface area contributed by atoms with E-state index in [1.807, 2.05) is 26.2 Å². The van der Waals surface area contributed by atoms with Crippen molar-refractivity contribution in [2.24, 2.45) is 0 Å². The Hall–Kier alpha value is -2.97. The molecule has 0 aliphatic carbocycles. The number of carbonyl (C=O) groups excluding carboxylic acids is 1. The number of hydrogen-bond acceptors (Lipinski definition) is 5. The number of aryl methyl sites for hydroxylation is 2. The minimum absolute atomic E-state index is 0.0570. The molecule has 32 heavy (non-hydrogen) atoms. The second-order valence-corrected chi connectivity index (χ2v) is 9.01. The molecule has 3 heterocycles. The van der Waals surface area contributed by atoms with E-state index in [9.17, 15) is 9.59 Å². The van der Waals surface area contributed by atoms with E-state index in [1.54, 1.807) is 23.1 Å². The summed E-state index contributed by atoms with van der Waals surface area (Å²) in [6.07, 6.45) is 0.985. The Kier molecular flexibility index (Phi) is 6.43. The lowest BCUT2D eigenvalue weighted by Crippen LogP contribution is -2.34. The maximum atomic E-state index is 13.1. The van der Waals surface area contributed by atoms with Crippen molar-refractivity contribution < 1.29 is 4.79 Å². The zero-order valence-corrected chi connectivity index (χ0v) is 19.8.